The number of hydrogen-bond donors (Lipinski definition) is 0. The molecule has 0 heterocycles. The molecule has 0 aliphatic heterocycles. The van der Waals surface area contributed by atoms with E-state index in [2.05, 4.69) is 6.42 Å². The molecule has 1 heteroatoms. The van der Waals surface area contributed by atoms with Gasteiger partial charge in [0, 0.05) is 12.8 Å². The van der Waals surface area contributed by atoms with E-state index in [0.717, 1.165) is 18.4 Å². The van der Waals surface area contributed by atoms with Crippen molar-refractivity contribution in [3.63, 3.8) is 0 Å². The first kappa shape index (κ1) is 6.71. The van der Waals surface area contributed by atoms with Gasteiger partial charge in [0.25, 0.3) is 5.78 Å². The highest BCUT2D eigenvalue weighted by molar-refractivity contribution is 6.06. The minimum Gasteiger partial charge on any atom is -0.257 e. The highest BCUT2D eigenvalue weighted by Gasteiger charge is 2.26. The van der Waals surface area contributed by atoms with Crippen LogP contribution in [0.1, 0.15) is 25.7 Å². The van der Waals surface area contributed by atoms with E-state index in [-0.39, 0.29) is 5.78 Å². The van der Waals surface area contributed by atoms with Crippen LogP contribution in [-0.4, -0.2) is 5.78 Å². The summed E-state index contributed by atoms with van der Waals surface area (Å²) in [6.07, 6.45) is 10.1. The Balaban J connectivity index is 2.30. The number of carbonyl (C=O) groups is 1. The van der Waals surface area contributed by atoms with Crippen LogP contribution in [0.2, 0.25) is 0 Å². The average molecular weight is 147 g/mol. The van der Waals surface area contributed by atoms with Crippen LogP contribution in [0.15, 0.2) is 23.3 Å². The minimum absolute atomic E-state index is 0.238. The molecule has 1 nitrogen and oxygen atoms in total. The second kappa shape index (κ2) is 2.57. The zero-order valence-electron chi connectivity index (χ0n) is 6.47. The van der Waals surface area contributed by atoms with Gasteiger partial charge in [0.15, 0.2) is 0 Å². The molecule has 0 bridgehead atoms. The van der Waals surface area contributed by atoms with E-state index in [9.17, 15) is 4.79 Å². The van der Waals surface area contributed by atoms with Gasteiger partial charge in [-0.2, -0.15) is 0 Å². The fourth-order valence-electron chi connectivity index (χ4n) is 1.75. The van der Waals surface area contributed by atoms with E-state index in [1.165, 1.54) is 18.4 Å². The van der Waals surface area contributed by atoms with Crippen LogP contribution in [-0.2, 0) is 4.79 Å². The average Bonchev–Trinajstić information content (AvgIpc) is 2.06. The van der Waals surface area contributed by atoms with Crippen LogP contribution in [0.3, 0.4) is 0 Å². The fourth-order valence-corrected chi connectivity index (χ4v) is 1.75. The smallest absolute Gasteiger partial charge is 0.257 e. The van der Waals surface area contributed by atoms with Gasteiger partial charge in [-0.3, -0.25) is 4.79 Å². The molecular formula is C10H11O+. The molecule has 2 aliphatic carbocycles. The summed E-state index contributed by atoms with van der Waals surface area (Å²) in [7, 11) is 0. The maximum Gasteiger partial charge on any atom is 0.288 e. The van der Waals surface area contributed by atoms with E-state index >= 15 is 0 Å². The lowest BCUT2D eigenvalue weighted by molar-refractivity contribution is -0.111. The lowest BCUT2D eigenvalue weighted by Gasteiger charge is -2.12. The first-order chi connectivity index (χ1) is 5.38. The predicted octanol–water partition coefficient (Wildman–Crippen LogP) is 2.20. The van der Waals surface area contributed by atoms with E-state index in [1.807, 2.05) is 6.08 Å². The molecule has 0 fully saturated rings. The molecule has 0 unspecified atom stereocenters. The Morgan fingerprint density at radius 3 is 2.91 bits per heavy atom. The van der Waals surface area contributed by atoms with Gasteiger partial charge in [0.1, 0.15) is 5.57 Å². The third kappa shape index (κ3) is 1.11. The quantitative estimate of drug-likeness (QED) is 0.480. The van der Waals surface area contributed by atoms with Crippen molar-refractivity contribution in [3.05, 3.63) is 29.7 Å². The van der Waals surface area contributed by atoms with Crippen LogP contribution in [0, 0.1) is 6.42 Å². The standard InChI is InChI=1S/C10H11O/c11-10-7-3-5-8-4-1-2-6-9(8)10/h3,5,7H,1-2,4,6H2/q+1. The zero-order valence-corrected chi connectivity index (χ0v) is 6.47. The van der Waals surface area contributed by atoms with E-state index in [4.69, 9.17) is 0 Å². The molecule has 0 amide bonds. The van der Waals surface area contributed by atoms with Crippen molar-refractivity contribution in [2.24, 2.45) is 0 Å². The first-order valence-corrected chi connectivity index (χ1v) is 4.16. The van der Waals surface area contributed by atoms with E-state index in [1.54, 1.807) is 6.08 Å². The van der Waals surface area contributed by atoms with Gasteiger partial charge in [-0.25, -0.2) is 0 Å². The Morgan fingerprint density at radius 2 is 2.09 bits per heavy atom. The SMILES string of the molecule is O=C1C=C[CH+]C2=C1CCCC2. The molecular weight excluding hydrogens is 136 g/mol. The number of carbonyl (C=O) groups excluding carboxylic acids is 1. The summed E-state index contributed by atoms with van der Waals surface area (Å²) in [5.74, 6) is 0.238. The first-order valence-electron chi connectivity index (χ1n) is 4.16. The summed E-state index contributed by atoms with van der Waals surface area (Å²) in [6, 6.07) is 0. The molecule has 0 atom stereocenters. The van der Waals surface area contributed by atoms with Gasteiger partial charge in [0.2, 0.25) is 0 Å². The van der Waals surface area contributed by atoms with Crippen molar-refractivity contribution in [2.75, 3.05) is 0 Å². The van der Waals surface area contributed by atoms with Gasteiger partial charge in [0.05, 0.1) is 17.7 Å². The Labute approximate surface area is 66.8 Å². The van der Waals surface area contributed by atoms with Gasteiger partial charge < -0.3 is 0 Å². The van der Waals surface area contributed by atoms with Crippen molar-refractivity contribution < 1.29 is 4.79 Å². The Kier molecular flexibility index (Phi) is 1.57. The molecule has 56 valence electrons. The van der Waals surface area contributed by atoms with Crippen LogP contribution in [0.5, 0.6) is 0 Å². The summed E-state index contributed by atoms with van der Waals surface area (Å²) in [5, 5.41) is 0. The van der Waals surface area contributed by atoms with E-state index in [0.29, 0.717) is 0 Å². The fraction of sp³-hybridized carbons (Fsp3) is 0.400. The molecule has 2 aliphatic rings. The Morgan fingerprint density at radius 1 is 1.27 bits per heavy atom. The molecule has 2 rings (SSSR count). The summed E-state index contributed by atoms with van der Waals surface area (Å²) in [5.41, 5.74) is 2.35. The second-order valence-corrected chi connectivity index (χ2v) is 3.10. The maximum absolute atomic E-state index is 11.3. The molecule has 0 saturated carbocycles. The van der Waals surface area contributed by atoms with Crippen LogP contribution in [0.25, 0.3) is 0 Å². The number of rotatable bonds is 0. The Hall–Kier alpha value is -0.980. The predicted molar refractivity (Wildman–Crippen MR) is 43.9 cm³/mol. The Bertz CT molecular complexity index is 246. The summed E-state index contributed by atoms with van der Waals surface area (Å²) < 4.78 is 0. The highest BCUT2D eigenvalue weighted by atomic mass is 16.1. The monoisotopic (exact) mass is 147 g/mol. The molecule has 0 aromatic heterocycles. The number of allylic oxidation sites excluding steroid dienone is 4. The lowest BCUT2D eigenvalue weighted by atomic mass is 9.85. The molecule has 0 saturated heterocycles. The van der Waals surface area contributed by atoms with Crippen molar-refractivity contribution in [1.82, 2.24) is 0 Å². The minimum atomic E-state index is 0.238. The van der Waals surface area contributed by atoms with Gasteiger partial charge in [-0.1, -0.05) is 0 Å². The highest BCUT2D eigenvalue weighted by Crippen LogP contribution is 2.29. The van der Waals surface area contributed by atoms with Crippen molar-refractivity contribution in [3.8, 4) is 0 Å². The van der Waals surface area contributed by atoms with Crippen LogP contribution >= 0.6 is 0 Å². The molecule has 0 radical (unpaired) electrons. The third-order valence-corrected chi connectivity index (χ3v) is 2.35. The summed E-state index contributed by atoms with van der Waals surface area (Å²) >= 11 is 0. The topological polar surface area (TPSA) is 17.1 Å². The van der Waals surface area contributed by atoms with Crippen molar-refractivity contribution in [2.45, 2.75) is 25.7 Å². The second-order valence-electron chi connectivity index (χ2n) is 3.10. The van der Waals surface area contributed by atoms with Crippen molar-refractivity contribution >= 4 is 5.78 Å². The largest absolute Gasteiger partial charge is 0.288 e. The third-order valence-electron chi connectivity index (χ3n) is 2.35. The molecule has 0 aromatic carbocycles. The van der Waals surface area contributed by atoms with Crippen LogP contribution in [0.4, 0.5) is 0 Å². The summed E-state index contributed by atoms with van der Waals surface area (Å²) in [4.78, 5) is 11.3. The molecule has 0 aromatic rings. The molecule has 0 N–H and O–H groups in total. The molecule has 11 heavy (non-hydrogen) atoms. The molecule has 0 spiro atoms. The van der Waals surface area contributed by atoms with Gasteiger partial charge >= 0.3 is 0 Å². The van der Waals surface area contributed by atoms with Crippen molar-refractivity contribution in [1.29, 1.82) is 0 Å². The van der Waals surface area contributed by atoms with E-state index < -0.39 is 0 Å². The number of ketones is 1. The normalized spacial score (nSPS) is 23.1. The van der Waals surface area contributed by atoms with Crippen LogP contribution < -0.4 is 0 Å². The zero-order chi connectivity index (χ0) is 7.68. The van der Waals surface area contributed by atoms with Gasteiger partial charge in [-0.05, 0) is 19.3 Å². The maximum atomic E-state index is 11.3. The number of hydrogen-bond acceptors (Lipinski definition) is 1. The lowest BCUT2D eigenvalue weighted by Crippen LogP contribution is -2.11. The summed E-state index contributed by atoms with van der Waals surface area (Å²) in [6.45, 7) is 0. The van der Waals surface area contributed by atoms with Gasteiger partial charge in [-0.15, -0.1) is 0 Å².